The summed E-state index contributed by atoms with van der Waals surface area (Å²) < 4.78 is 18.2. The van der Waals surface area contributed by atoms with Gasteiger partial charge in [-0.1, -0.05) is 0 Å². The van der Waals surface area contributed by atoms with Gasteiger partial charge in [-0.3, -0.25) is 4.79 Å². The summed E-state index contributed by atoms with van der Waals surface area (Å²) in [4.78, 5) is 15.0. The minimum Gasteiger partial charge on any atom is -0.496 e. The Kier molecular flexibility index (Phi) is 4.38. The highest BCUT2D eigenvalue weighted by Gasteiger charge is 2.30. The van der Waals surface area contributed by atoms with Crippen LogP contribution in [0.4, 0.5) is 0 Å². The van der Waals surface area contributed by atoms with Crippen LogP contribution in [0, 0.1) is 0 Å². The number of rotatable bonds is 4. The van der Waals surface area contributed by atoms with Crippen molar-refractivity contribution in [3.05, 3.63) is 41.7 Å². The summed E-state index contributed by atoms with van der Waals surface area (Å²) in [5.41, 5.74) is 1.61. The molecular formula is C18H22N2O4. The first-order chi connectivity index (χ1) is 11.6. The molecule has 0 spiro atoms. The Bertz CT molecular complexity index is 753. The van der Waals surface area contributed by atoms with E-state index in [0.29, 0.717) is 29.4 Å². The molecular weight excluding hydrogens is 308 g/mol. The average Bonchev–Trinajstić information content (AvgIpc) is 3.09. The number of aromatic nitrogens is 1. The van der Waals surface area contributed by atoms with Gasteiger partial charge in [0.25, 0.3) is 5.91 Å². The Morgan fingerprint density at radius 3 is 2.38 bits per heavy atom. The summed E-state index contributed by atoms with van der Waals surface area (Å²) in [6.45, 7) is 3.48. The van der Waals surface area contributed by atoms with Crippen molar-refractivity contribution in [3.8, 4) is 17.2 Å². The van der Waals surface area contributed by atoms with Crippen molar-refractivity contribution in [1.29, 1.82) is 0 Å². The third-order valence-electron chi connectivity index (χ3n) is 4.54. The van der Waals surface area contributed by atoms with Gasteiger partial charge in [0.2, 0.25) is 0 Å². The first kappa shape index (κ1) is 16.2. The number of methoxy groups -OCH3 is 3. The Morgan fingerprint density at radius 2 is 1.71 bits per heavy atom. The number of hydrogen-bond acceptors (Lipinski definition) is 4. The van der Waals surface area contributed by atoms with Crippen LogP contribution >= 0.6 is 0 Å². The molecule has 2 heterocycles. The van der Waals surface area contributed by atoms with Crippen molar-refractivity contribution in [1.82, 2.24) is 9.47 Å². The third-order valence-corrected chi connectivity index (χ3v) is 4.54. The topological polar surface area (TPSA) is 52.9 Å². The molecule has 0 fully saturated rings. The van der Waals surface area contributed by atoms with Gasteiger partial charge >= 0.3 is 0 Å². The fraction of sp³-hybridized carbons (Fsp3) is 0.389. The number of hydrogen-bond donors (Lipinski definition) is 0. The minimum atomic E-state index is -0.0762. The second-order valence-corrected chi connectivity index (χ2v) is 5.71. The fourth-order valence-electron chi connectivity index (χ4n) is 3.21. The summed E-state index contributed by atoms with van der Waals surface area (Å²) >= 11 is 0. The fourth-order valence-corrected chi connectivity index (χ4v) is 3.21. The maximum Gasteiger partial charge on any atom is 0.258 e. The van der Waals surface area contributed by atoms with Gasteiger partial charge in [-0.15, -0.1) is 0 Å². The number of ether oxygens (including phenoxy) is 3. The van der Waals surface area contributed by atoms with Crippen LogP contribution in [0.1, 0.15) is 29.0 Å². The highest BCUT2D eigenvalue weighted by molar-refractivity contribution is 5.98. The lowest BCUT2D eigenvalue weighted by Gasteiger charge is -2.35. The number of carbonyl (C=O) groups is 1. The molecule has 2 aromatic rings. The zero-order chi connectivity index (χ0) is 17.3. The smallest absolute Gasteiger partial charge is 0.258 e. The predicted molar refractivity (Wildman–Crippen MR) is 90.0 cm³/mol. The molecule has 0 radical (unpaired) electrons. The maximum atomic E-state index is 13.1. The Hall–Kier alpha value is -2.63. The zero-order valence-electron chi connectivity index (χ0n) is 14.4. The molecule has 1 aliphatic rings. The predicted octanol–water partition coefficient (Wildman–Crippen LogP) is 2.73. The molecule has 0 saturated heterocycles. The summed E-state index contributed by atoms with van der Waals surface area (Å²) in [5, 5.41) is 0. The lowest BCUT2D eigenvalue weighted by Crippen LogP contribution is -2.40. The average molecular weight is 330 g/mol. The molecule has 0 N–H and O–H groups in total. The second-order valence-electron chi connectivity index (χ2n) is 5.71. The van der Waals surface area contributed by atoms with E-state index in [9.17, 15) is 4.79 Å². The van der Waals surface area contributed by atoms with Crippen LogP contribution in [0.15, 0.2) is 30.5 Å². The molecule has 0 bridgehead atoms. The number of fused-ring (bicyclic) bond motifs is 1. The molecule has 0 aliphatic carbocycles. The summed E-state index contributed by atoms with van der Waals surface area (Å²) in [7, 11) is 4.65. The van der Waals surface area contributed by atoms with Gasteiger partial charge < -0.3 is 23.7 Å². The molecule has 0 saturated carbocycles. The highest BCUT2D eigenvalue weighted by Crippen LogP contribution is 2.36. The molecule has 1 atom stereocenters. The first-order valence-corrected chi connectivity index (χ1v) is 7.86. The second kappa shape index (κ2) is 6.47. The van der Waals surface area contributed by atoms with Gasteiger partial charge in [0.1, 0.15) is 5.75 Å². The van der Waals surface area contributed by atoms with Crippen LogP contribution in [0.25, 0.3) is 0 Å². The van der Waals surface area contributed by atoms with E-state index in [2.05, 4.69) is 10.6 Å². The van der Waals surface area contributed by atoms with E-state index in [0.717, 1.165) is 12.2 Å². The largest absolute Gasteiger partial charge is 0.496 e. The number of benzene rings is 1. The van der Waals surface area contributed by atoms with E-state index in [-0.39, 0.29) is 11.9 Å². The van der Waals surface area contributed by atoms with Crippen LogP contribution < -0.4 is 14.2 Å². The van der Waals surface area contributed by atoms with Crippen LogP contribution in [0.3, 0.4) is 0 Å². The van der Waals surface area contributed by atoms with Crippen molar-refractivity contribution in [2.45, 2.75) is 19.5 Å². The molecule has 1 aromatic carbocycles. The Balaban J connectivity index is 1.98. The Morgan fingerprint density at radius 1 is 1.04 bits per heavy atom. The molecule has 1 amide bonds. The van der Waals surface area contributed by atoms with Gasteiger partial charge in [0.05, 0.1) is 32.9 Å². The monoisotopic (exact) mass is 330 g/mol. The molecule has 6 nitrogen and oxygen atoms in total. The van der Waals surface area contributed by atoms with Crippen LogP contribution in [-0.2, 0) is 6.54 Å². The van der Waals surface area contributed by atoms with E-state index in [4.69, 9.17) is 14.2 Å². The van der Waals surface area contributed by atoms with Crippen LogP contribution in [0.5, 0.6) is 17.2 Å². The summed E-state index contributed by atoms with van der Waals surface area (Å²) in [5.74, 6) is 1.44. The van der Waals surface area contributed by atoms with Crippen molar-refractivity contribution in [2.24, 2.45) is 0 Å². The molecule has 24 heavy (non-hydrogen) atoms. The standard InChI is InChI=1S/C18H22N2O4/c1-12-14-6-5-7-19(14)8-9-20(12)18(21)13-10-16(23-3)17(24-4)11-15(13)22-2/h5-7,10-12H,8-9H2,1-4H3/t12-/m1/s1. The van der Waals surface area contributed by atoms with E-state index in [1.54, 1.807) is 33.5 Å². The van der Waals surface area contributed by atoms with Gasteiger partial charge in [0, 0.05) is 37.1 Å². The van der Waals surface area contributed by atoms with Gasteiger partial charge in [-0.2, -0.15) is 0 Å². The molecule has 128 valence electrons. The van der Waals surface area contributed by atoms with Gasteiger partial charge in [0.15, 0.2) is 11.5 Å². The first-order valence-electron chi connectivity index (χ1n) is 7.86. The molecule has 3 rings (SSSR count). The highest BCUT2D eigenvalue weighted by atomic mass is 16.5. The van der Waals surface area contributed by atoms with Crippen molar-refractivity contribution < 1.29 is 19.0 Å². The number of amides is 1. The number of carbonyl (C=O) groups excluding carboxylic acids is 1. The molecule has 1 aliphatic heterocycles. The lowest BCUT2D eigenvalue weighted by molar-refractivity contribution is 0.0640. The number of nitrogens with zero attached hydrogens (tertiary/aromatic N) is 2. The van der Waals surface area contributed by atoms with Crippen molar-refractivity contribution in [2.75, 3.05) is 27.9 Å². The lowest BCUT2D eigenvalue weighted by atomic mass is 10.1. The normalized spacial score (nSPS) is 16.5. The van der Waals surface area contributed by atoms with Crippen LogP contribution in [-0.4, -0.2) is 43.2 Å². The SMILES string of the molecule is COc1cc(OC)c(C(=O)N2CCn3cccc3[C@H]2C)cc1OC. The maximum absolute atomic E-state index is 13.1. The Labute approximate surface area is 141 Å². The quantitative estimate of drug-likeness (QED) is 0.865. The molecule has 1 aromatic heterocycles. The van der Waals surface area contributed by atoms with E-state index < -0.39 is 0 Å². The summed E-state index contributed by atoms with van der Waals surface area (Å²) in [6, 6.07) is 7.43. The van der Waals surface area contributed by atoms with E-state index in [1.165, 1.54) is 0 Å². The van der Waals surface area contributed by atoms with Gasteiger partial charge in [-0.05, 0) is 19.1 Å². The zero-order valence-corrected chi connectivity index (χ0v) is 14.4. The molecule has 6 heteroatoms. The van der Waals surface area contributed by atoms with Crippen LogP contribution in [0.2, 0.25) is 0 Å². The van der Waals surface area contributed by atoms with Crippen molar-refractivity contribution >= 4 is 5.91 Å². The van der Waals surface area contributed by atoms with Gasteiger partial charge in [-0.25, -0.2) is 0 Å². The third kappa shape index (κ3) is 2.58. The van der Waals surface area contributed by atoms with E-state index in [1.807, 2.05) is 24.1 Å². The minimum absolute atomic E-state index is 0.000877. The van der Waals surface area contributed by atoms with Crippen molar-refractivity contribution in [3.63, 3.8) is 0 Å². The summed E-state index contributed by atoms with van der Waals surface area (Å²) in [6.07, 6.45) is 2.05. The van der Waals surface area contributed by atoms with E-state index >= 15 is 0 Å². The molecule has 0 unspecified atom stereocenters.